The molecule has 1 aliphatic rings. The average Bonchev–Trinajstić information content (AvgIpc) is 2.26. The molecule has 0 bridgehead atoms. The van der Waals surface area contributed by atoms with E-state index in [2.05, 4.69) is 5.43 Å². The molecule has 1 fully saturated rings. The van der Waals surface area contributed by atoms with Gasteiger partial charge in [-0.15, -0.1) is 0 Å². The maximum atomic E-state index is 12.0. The molecule has 0 spiro atoms. The Hall–Kier alpha value is -1.30. The van der Waals surface area contributed by atoms with E-state index in [0.29, 0.717) is 13.0 Å². The fraction of sp³-hybridized carbons (Fsp3) is 0.778. The van der Waals surface area contributed by atoms with E-state index in [4.69, 9.17) is 0 Å². The van der Waals surface area contributed by atoms with Gasteiger partial charge in [0, 0.05) is 33.1 Å². The quantitative estimate of drug-likeness (QED) is 0.705. The molecule has 0 atom stereocenters. The van der Waals surface area contributed by atoms with Gasteiger partial charge in [0.25, 0.3) is 0 Å². The van der Waals surface area contributed by atoms with Gasteiger partial charge < -0.3 is 0 Å². The first-order valence-electron chi connectivity index (χ1n) is 5.03. The van der Waals surface area contributed by atoms with Gasteiger partial charge in [0.15, 0.2) is 0 Å². The summed E-state index contributed by atoms with van der Waals surface area (Å²) in [5, 5.41) is 4.29. The lowest BCUT2D eigenvalue weighted by Gasteiger charge is -2.34. The van der Waals surface area contributed by atoms with Gasteiger partial charge in [-0.2, -0.15) is 0 Å². The van der Waals surface area contributed by atoms with Crippen LogP contribution in [-0.2, 0) is 4.79 Å². The number of carbonyl (C=O) groups excluding carboxylic acids is 2. The monoisotopic (exact) mass is 214 g/mol. The van der Waals surface area contributed by atoms with Crippen LogP contribution in [0.2, 0.25) is 0 Å². The predicted molar refractivity (Wildman–Crippen MR) is 55.5 cm³/mol. The summed E-state index contributed by atoms with van der Waals surface area (Å²) in [5.74, 6) is -0.0465. The maximum Gasteiger partial charge on any atom is 0.353 e. The molecule has 1 saturated heterocycles. The lowest BCUT2D eigenvalue weighted by Crippen LogP contribution is -2.55. The SMILES string of the molecule is CNN1CCC(=O)N(C)N(C(C)C)C1=O. The molecule has 0 aromatic carbocycles. The zero-order chi connectivity index (χ0) is 11.6. The maximum absolute atomic E-state index is 12.0. The molecule has 1 rings (SSSR count). The van der Waals surface area contributed by atoms with E-state index < -0.39 is 0 Å². The molecule has 3 amide bonds. The number of nitrogens with one attached hydrogen (secondary N) is 1. The van der Waals surface area contributed by atoms with Crippen molar-refractivity contribution in [3.8, 4) is 0 Å². The Morgan fingerprint density at radius 2 is 1.93 bits per heavy atom. The van der Waals surface area contributed by atoms with Crippen LogP contribution in [0.15, 0.2) is 0 Å². The van der Waals surface area contributed by atoms with E-state index in [1.54, 1.807) is 14.1 Å². The Labute approximate surface area is 89.7 Å². The third-order valence-electron chi connectivity index (χ3n) is 2.42. The van der Waals surface area contributed by atoms with Crippen molar-refractivity contribution in [1.29, 1.82) is 0 Å². The van der Waals surface area contributed by atoms with E-state index in [1.807, 2.05) is 13.8 Å². The van der Waals surface area contributed by atoms with Crippen LogP contribution in [0.25, 0.3) is 0 Å². The fourth-order valence-electron chi connectivity index (χ4n) is 1.61. The van der Waals surface area contributed by atoms with Crippen molar-refractivity contribution in [2.24, 2.45) is 0 Å². The zero-order valence-corrected chi connectivity index (χ0v) is 9.65. The Morgan fingerprint density at radius 1 is 1.33 bits per heavy atom. The van der Waals surface area contributed by atoms with Crippen molar-refractivity contribution in [2.45, 2.75) is 26.3 Å². The van der Waals surface area contributed by atoms with Crippen LogP contribution < -0.4 is 5.43 Å². The average molecular weight is 214 g/mol. The highest BCUT2D eigenvalue weighted by atomic mass is 16.2. The lowest BCUT2D eigenvalue weighted by molar-refractivity contribution is -0.142. The third-order valence-corrected chi connectivity index (χ3v) is 2.42. The van der Waals surface area contributed by atoms with Crippen molar-refractivity contribution in [3.05, 3.63) is 0 Å². The van der Waals surface area contributed by atoms with Gasteiger partial charge in [-0.1, -0.05) is 0 Å². The number of hydrazine groups is 2. The highest BCUT2D eigenvalue weighted by Gasteiger charge is 2.32. The summed E-state index contributed by atoms with van der Waals surface area (Å²) in [6.07, 6.45) is 0.340. The van der Waals surface area contributed by atoms with E-state index in [9.17, 15) is 9.59 Å². The zero-order valence-electron chi connectivity index (χ0n) is 9.65. The van der Waals surface area contributed by atoms with Crippen LogP contribution in [0.1, 0.15) is 20.3 Å². The van der Waals surface area contributed by atoms with Gasteiger partial charge in [-0.3, -0.25) is 14.8 Å². The van der Waals surface area contributed by atoms with Crippen molar-refractivity contribution in [2.75, 3.05) is 20.6 Å². The first-order chi connectivity index (χ1) is 6.99. The number of rotatable bonds is 2. The van der Waals surface area contributed by atoms with Gasteiger partial charge >= 0.3 is 6.03 Å². The first-order valence-corrected chi connectivity index (χ1v) is 5.03. The molecule has 86 valence electrons. The summed E-state index contributed by atoms with van der Waals surface area (Å²) in [6.45, 7) is 4.16. The molecule has 6 nitrogen and oxygen atoms in total. The van der Waals surface area contributed by atoms with Gasteiger partial charge in [0.2, 0.25) is 5.91 Å². The number of hydrogen-bond donors (Lipinski definition) is 1. The van der Waals surface area contributed by atoms with Crippen LogP contribution in [0, 0.1) is 0 Å². The summed E-state index contributed by atoms with van der Waals surface area (Å²) >= 11 is 0. The fourth-order valence-corrected chi connectivity index (χ4v) is 1.61. The van der Waals surface area contributed by atoms with E-state index in [0.717, 1.165) is 0 Å². The van der Waals surface area contributed by atoms with E-state index >= 15 is 0 Å². The molecular weight excluding hydrogens is 196 g/mol. The number of carbonyl (C=O) groups is 2. The molecular formula is C9H18N4O2. The molecule has 0 aliphatic carbocycles. The number of nitrogens with zero attached hydrogens (tertiary/aromatic N) is 3. The molecule has 6 heteroatoms. The van der Waals surface area contributed by atoms with Gasteiger partial charge in [-0.25, -0.2) is 15.2 Å². The molecule has 0 aromatic heterocycles. The molecule has 1 heterocycles. The topological polar surface area (TPSA) is 55.9 Å². The number of hydrogen-bond acceptors (Lipinski definition) is 3. The smallest absolute Gasteiger partial charge is 0.273 e. The summed E-state index contributed by atoms with van der Waals surface area (Å²) in [6, 6.07) is -0.235. The second kappa shape index (κ2) is 4.48. The minimum atomic E-state index is -0.194. The Morgan fingerprint density at radius 3 is 2.40 bits per heavy atom. The van der Waals surface area contributed by atoms with Crippen molar-refractivity contribution < 1.29 is 9.59 Å². The third kappa shape index (κ3) is 2.20. The van der Waals surface area contributed by atoms with E-state index in [-0.39, 0.29) is 18.0 Å². The molecule has 15 heavy (non-hydrogen) atoms. The van der Waals surface area contributed by atoms with Crippen molar-refractivity contribution in [1.82, 2.24) is 20.5 Å². The minimum absolute atomic E-state index is 0.0413. The number of urea groups is 1. The van der Waals surface area contributed by atoms with Crippen LogP contribution in [0.4, 0.5) is 4.79 Å². The largest absolute Gasteiger partial charge is 0.353 e. The van der Waals surface area contributed by atoms with Gasteiger partial charge in [-0.05, 0) is 13.8 Å². The molecule has 0 unspecified atom stereocenters. The minimum Gasteiger partial charge on any atom is -0.273 e. The number of amides is 3. The highest BCUT2D eigenvalue weighted by Crippen LogP contribution is 2.12. The molecule has 1 aliphatic heterocycles. The highest BCUT2D eigenvalue weighted by molar-refractivity contribution is 5.83. The Balaban J connectivity index is 2.95. The summed E-state index contributed by atoms with van der Waals surface area (Å²) in [5.41, 5.74) is 2.78. The summed E-state index contributed by atoms with van der Waals surface area (Å²) < 4.78 is 0. The van der Waals surface area contributed by atoms with Crippen LogP contribution in [-0.4, -0.2) is 53.6 Å². The molecule has 0 radical (unpaired) electrons. The predicted octanol–water partition coefficient (Wildman–Crippen LogP) is 0.0303. The molecule has 1 N–H and O–H groups in total. The van der Waals surface area contributed by atoms with Crippen molar-refractivity contribution in [3.63, 3.8) is 0 Å². The van der Waals surface area contributed by atoms with Crippen molar-refractivity contribution >= 4 is 11.9 Å². The lowest BCUT2D eigenvalue weighted by atomic mass is 10.4. The first kappa shape index (κ1) is 11.8. The van der Waals surface area contributed by atoms with Crippen LogP contribution in [0.3, 0.4) is 0 Å². The van der Waals surface area contributed by atoms with Gasteiger partial charge in [0.1, 0.15) is 0 Å². The van der Waals surface area contributed by atoms with E-state index in [1.165, 1.54) is 15.0 Å². The molecule has 0 saturated carbocycles. The summed E-state index contributed by atoms with van der Waals surface area (Å²) in [4.78, 5) is 23.6. The second-order valence-electron chi connectivity index (χ2n) is 3.76. The van der Waals surface area contributed by atoms with Crippen LogP contribution >= 0.6 is 0 Å². The second-order valence-corrected chi connectivity index (χ2v) is 3.76. The molecule has 0 aromatic rings. The van der Waals surface area contributed by atoms with Gasteiger partial charge in [0.05, 0.1) is 0 Å². The normalized spacial score (nSPS) is 18.9. The van der Waals surface area contributed by atoms with Crippen LogP contribution in [0.5, 0.6) is 0 Å². The standard InChI is InChI=1S/C9H18N4O2/c1-7(2)13-9(15)12(10-3)6-5-8(14)11(13)4/h7,10H,5-6H2,1-4H3. The Kier molecular flexibility index (Phi) is 3.52. The Bertz CT molecular complexity index is 267. The summed E-state index contributed by atoms with van der Waals surface area (Å²) in [7, 11) is 3.30.